The van der Waals surface area contributed by atoms with Crippen LogP contribution in [-0.2, 0) is 19.6 Å². The minimum absolute atomic E-state index is 0.168. The number of aliphatic hydroxyl groups excluding tert-OH is 2. The zero-order valence-electron chi connectivity index (χ0n) is 12.8. The van der Waals surface area contributed by atoms with Gasteiger partial charge in [-0.2, -0.15) is 8.42 Å². The normalized spacial score (nSPS) is 27.2. The maximum atomic E-state index is 10.6. The van der Waals surface area contributed by atoms with Crippen molar-refractivity contribution in [1.29, 1.82) is 0 Å². The molecule has 0 unspecified atom stereocenters. The summed E-state index contributed by atoms with van der Waals surface area (Å²) in [7, 11) is -4.13. The van der Waals surface area contributed by atoms with E-state index in [0.29, 0.717) is 11.2 Å². The number of ether oxygens (including phenoxy) is 2. The van der Waals surface area contributed by atoms with Crippen molar-refractivity contribution in [3.8, 4) is 0 Å². The van der Waals surface area contributed by atoms with Gasteiger partial charge < -0.3 is 25.4 Å². The summed E-state index contributed by atoms with van der Waals surface area (Å²) < 4.78 is 42.0. The maximum Gasteiger partial charge on any atom is 0.267 e. The Hall–Kier alpha value is -1.90. The number of nitrogens with zero attached hydrogens (tertiary/aromatic N) is 4. The Kier molecular flexibility index (Phi) is 4.86. The monoisotopic (exact) mass is 375 g/mol. The van der Waals surface area contributed by atoms with Crippen LogP contribution >= 0.6 is 0 Å². The van der Waals surface area contributed by atoms with Gasteiger partial charge in [-0.25, -0.2) is 15.0 Å². The lowest BCUT2D eigenvalue weighted by Crippen LogP contribution is -2.34. The van der Waals surface area contributed by atoms with Crippen molar-refractivity contribution in [3.63, 3.8) is 0 Å². The second kappa shape index (κ2) is 6.78. The third kappa shape index (κ3) is 3.70. The smallest absolute Gasteiger partial charge is 0.267 e. The van der Waals surface area contributed by atoms with Gasteiger partial charge in [0.2, 0.25) is 0 Å². The molecule has 0 bridgehead atoms. The minimum atomic E-state index is -4.13. The Balaban J connectivity index is 1.70. The fraction of sp³-hybridized carbons (Fsp3) is 0.583. The first kappa shape index (κ1) is 17.9. The second-order valence-corrected chi connectivity index (χ2v) is 7.06. The molecule has 0 aliphatic carbocycles. The number of nitrogens with two attached hydrogens (primary N) is 1. The highest BCUT2D eigenvalue weighted by Gasteiger charge is 2.44. The average Bonchev–Trinajstić information content (AvgIpc) is 3.08. The molecule has 4 atom stereocenters. The van der Waals surface area contributed by atoms with Crippen LogP contribution in [0.5, 0.6) is 0 Å². The summed E-state index contributed by atoms with van der Waals surface area (Å²) in [6, 6.07) is 0. The quantitative estimate of drug-likeness (QED) is 0.321. The summed E-state index contributed by atoms with van der Waals surface area (Å²) in [6.07, 6.45) is -1.85. The Labute approximate surface area is 142 Å². The van der Waals surface area contributed by atoms with E-state index < -0.39 is 40.4 Å². The van der Waals surface area contributed by atoms with Gasteiger partial charge in [-0.1, -0.05) is 0 Å². The molecule has 25 heavy (non-hydrogen) atoms. The van der Waals surface area contributed by atoms with Gasteiger partial charge in [0.15, 0.2) is 17.7 Å². The highest BCUT2D eigenvalue weighted by Crippen LogP contribution is 2.32. The zero-order valence-corrected chi connectivity index (χ0v) is 13.7. The molecule has 0 amide bonds. The summed E-state index contributed by atoms with van der Waals surface area (Å²) in [5.41, 5.74) is 6.37. The number of nitrogen functional groups attached to an aromatic ring is 1. The van der Waals surface area contributed by atoms with Crippen molar-refractivity contribution in [1.82, 2.24) is 19.5 Å². The van der Waals surface area contributed by atoms with Gasteiger partial charge in [-0.15, -0.1) is 0 Å². The fourth-order valence-electron chi connectivity index (χ4n) is 2.52. The van der Waals surface area contributed by atoms with E-state index in [4.69, 9.17) is 19.8 Å². The van der Waals surface area contributed by atoms with E-state index in [9.17, 15) is 18.6 Å². The van der Waals surface area contributed by atoms with Crippen LogP contribution in [0.15, 0.2) is 12.7 Å². The van der Waals surface area contributed by atoms with Crippen LogP contribution in [0.1, 0.15) is 6.23 Å². The number of hydrogen-bond acceptors (Lipinski definition) is 10. The number of rotatable bonds is 6. The summed E-state index contributed by atoms with van der Waals surface area (Å²) in [5, 5.41) is 20.3. The summed E-state index contributed by atoms with van der Waals surface area (Å²) in [5.74, 6) is -0.411. The van der Waals surface area contributed by atoms with Crippen molar-refractivity contribution in [2.45, 2.75) is 24.5 Å². The topological polar surface area (TPSA) is 183 Å². The first-order valence-corrected chi connectivity index (χ1v) is 8.86. The molecule has 1 fully saturated rings. The van der Waals surface area contributed by atoms with Crippen LogP contribution in [-0.4, -0.2) is 80.0 Å². The molecule has 138 valence electrons. The summed E-state index contributed by atoms with van der Waals surface area (Å²) in [4.78, 5) is 11.9. The zero-order chi connectivity index (χ0) is 18.2. The van der Waals surface area contributed by atoms with Crippen molar-refractivity contribution in [2.24, 2.45) is 0 Å². The van der Waals surface area contributed by atoms with E-state index in [1.54, 1.807) is 0 Å². The Bertz CT molecular complexity index is 857. The van der Waals surface area contributed by atoms with Crippen molar-refractivity contribution in [3.05, 3.63) is 12.7 Å². The molecule has 1 aliphatic heterocycles. The molecule has 2 aromatic heterocycles. The lowest BCUT2D eigenvalue weighted by atomic mass is 10.1. The molecule has 13 heteroatoms. The standard InChI is InChI=1S/C12H17N5O7S/c13-10-7-11(15-4-14-10)17(5-16-7)12-9(19)8(18)6(24-12)3-23-1-2-25(20,21)22/h4-6,8-9,12,18-19H,1-3H2,(H2,13,14,15)(H,20,21,22)/t6-,8-,9-,12-/m1/s1. The third-order valence-corrected chi connectivity index (χ3v) is 4.45. The molecule has 2 aromatic rings. The molecule has 3 heterocycles. The van der Waals surface area contributed by atoms with Crippen LogP contribution in [0.2, 0.25) is 0 Å². The highest BCUT2D eigenvalue weighted by atomic mass is 32.2. The highest BCUT2D eigenvalue weighted by molar-refractivity contribution is 7.85. The molecule has 0 radical (unpaired) electrons. The fourth-order valence-corrected chi connectivity index (χ4v) is 2.85. The van der Waals surface area contributed by atoms with Crippen LogP contribution in [0.3, 0.4) is 0 Å². The molecule has 0 aromatic carbocycles. The number of imidazole rings is 1. The van der Waals surface area contributed by atoms with Gasteiger partial charge in [0.25, 0.3) is 10.1 Å². The van der Waals surface area contributed by atoms with Gasteiger partial charge in [0.1, 0.15) is 30.2 Å². The first-order valence-electron chi connectivity index (χ1n) is 7.25. The summed E-state index contributed by atoms with van der Waals surface area (Å²) in [6.45, 7) is -0.446. The Morgan fingerprint density at radius 1 is 1.28 bits per heavy atom. The molecular weight excluding hydrogens is 358 g/mol. The van der Waals surface area contributed by atoms with Gasteiger partial charge >= 0.3 is 0 Å². The molecule has 1 saturated heterocycles. The number of fused-ring (bicyclic) bond motifs is 1. The first-order chi connectivity index (χ1) is 11.8. The van der Waals surface area contributed by atoms with Crippen LogP contribution < -0.4 is 5.73 Å². The maximum absolute atomic E-state index is 10.6. The lowest BCUT2D eigenvalue weighted by Gasteiger charge is -2.16. The lowest BCUT2D eigenvalue weighted by molar-refractivity contribution is -0.0636. The Morgan fingerprint density at radius 3 is 2.76 bits per heavy atom. The Morgan fingerprint density at radius 2 is 2.04 bits per heavy atom. The van der Waals surface area contributed by atoms with E-state index >= 15 is 0 Å². The molecule has 12 nitrogen and oxygen atoms in total. The SMILES string of the molecule is Nc1ncnc2c1ncn2[C@@H]1O[C@H](COCCS(=O)(=O)O)[C@@H](O)[C@H]1O. The average molecular weight is 375 g/mol. The van der Waals surface area contributed by atoms with Gasteiger partial charge in [0, 0.05) is 0 Å². The van der Waals surface area contributed by atoms with Crippen molar-refractivity contribution < 1.29 is 32.7 Å². The van der Waals surface area contributed by atoms with Gasteiger partial charge in [-0.3, -0.25) is 9.12 Å². The molecule has 1 aliphatic rings. The van der Waals surface area contributed by atoms with Crippen molar-refractivity contribution in [2.75, 3.05) is 24.7 Å². The van der Waals surface area contributed by atoms with Crippen LogP contribution in [0.25, 0.3) is 11.2 Å². The number of aliphatic hydroxyl groups is 2. The summed E-state index contributed by atoms with van der Waals surface area (Å²) >= 11 is 0. The van der Waals surface area contributed by atoms with E-state index in [2.05, 4.69) is 15.0 Å². The number of hydrogen-bond donors (Lipinski definition) is 4. The predicted molar refractivity (Wildman–Crippen MR) is 82.9 cm³/mol. The van der Waals surface area contributed by atoms with E-state index in [1.807, 2.05) is 0 Å². The number of anilines is 1. The molecule has 0 saturated carbocycles. The van der Waals surface area contributed by atoms with Crippen LogP contribution in [0.4, 0.5) is 5.82 Å². The van der Waals surface area contributed by atoms with Gasteiger partial charge in [-0.05, 0) is 0 Å². The largest absolute Gasteiger partial charge is 0.387 e. The van der Waals surface area contributed by atoms with E-state index in [1.165, 1.54) is 17.2 Å². The second-order valence-electron chi connectivity index (χ2n) is 5.49. The van der Waals surface area contributed by atoms with E-state index in [-0.39, 0.29) is 19.0 Å². The van der Waals surface area contributed by atoms with Crippen molar-refractivity contribution >= 4 is 27.1 Å². The molecular formula is C12H17N5O7S. The molecule has 0 spiro atoms. The molecule has 3 rings (SSSR count). The third-order valence-electron chi connectivity index (χ3n) is 3.77. The molecule has 5 N–H and O–H groups in total. The van der Waals surface area contributed by atoms with Crippen LogP contribution in [0, 0.1) is 0 Å². The predicted octanol–water partition coefficient (Wildman–Crippen LogP) is -2.07. The van der Waals surface area contributed by atoms with Gasteiger partial charge in [0.05, 0.1) is 25.3 Å². The number of aromatic nitrogens is 4. The minimum Gasteiger partial charge on any atom is -0.387 e. The van der Waals surface area contributed by atoms with E-state index in [0.717, 1.165) is 0 Å².